The zero-order chi connectivity index (χ0) is 17.2. The van der Waals surface area contributed by atoms with Crippen LogP contribution in [-0.2, 0) is 0 Å². The third kappa shape index (κ3) is 3.41. The largest absolute Gasteiger partial charge is 0.332 e. The van der Waals surface area contributed by atoms with Crippen molar-refractivity contribution in [3.8, 4) is 0 Å². The van der Waals surface area contributed by atoms with Gasteiger partial charge in [0.15, 0.2) is 0 Å². The van der Waals surface area contributed by atoms with Gasteiger partial charge in [-0.1, -0.05) is 11.3 Å². The normalized spacial score (nSPS) is 17.0. The number of aryl methyl sites for hydroxylation is 2. The fraction of sp³-hybridized carbons (Fsp3) is 0.375. The number of aromatic nitrogens is 6. The molecule has 0 aliphatic carbocycles. The first kappa shape index (κ1) is 15.8. The van der Waals surface area contributed by atoms with E-state index in [0.717, 1.165) is 52.8 Å². The fourth-order valence-corrected chi connectivity index (χ4v) is 3.63. The Labute approximate surface area is 149 Å². The van der Waals surface area contributed by atoms with Crippen molar-refractivity contribution in [2.24, 2.45) is 0 Å². The van der Waals surface area contributed by atoms with Crippen LogP contribution < -0.4 is 10.2 Å². The van der Waals surface area contributed by atoms with Gasteiger partial charge in [0.2, 0.25) is 11.1 Å². The van der Waals surface area contributed by atoms with Gasteiger partial charge in [-0.25, -0.2) is 19.9 Å². The van der Waals surface area contributed by atoms with Crippen molar-refractivity contribution in [1.29, 1.82) is 0 Å². The molecule has 9 heteroatoms. The van der Waals surface area contributed by atoms with Gasteiger partial charge in [-0.2, -0.15) is 0 Å². The Morgan fingerprint density at radius 1 is 1.16 bits per heavy atom. The molecule has 1 saturated heterocycles. The lowest BCUT2D eigenvalue weighted by molar-refractivity contribution is 0.673. The Morgan fingerprint density at radius 3 is 2.76 bits per heavy atom. The maximum Gasteiger partial charge on any atom is 0.225 e. The van der Waals surface area contributed by atoms with Gasteiger partial charge in [-0.15, -0.1) is 10.2 Å². The zero-order valence-electron chi connectivity index (χ0n) is 14.0. The summed E-state index contributed by atoms with van der Waals surface area (Å²) in [6, 6.07) is 3.96. The standard InChI is InChI=1S/C16H18N8S/c1-10-19-12(9-14(20-10)21-16-23-22-11(2)25-16)13-5-3-8-24(13)15-17-6-4-7-18-15/h4,6-7,9,13H,3,5,8H2,1-2H3,(H,19,20,21,23)/t13-/m1/s1. The molecule has 0 aromatic carbocycles. The van der Waals surface area contributed by atoms with E-state index in [1.807, 2.05) is 26.0 Å². The number of nitrogens with zero attached hydrogens (tertiary/aromatic N) is 7. The minimum absolute atomic E-state index is 0.154. The Morgan fingerprint density at radius 2 is 2.00 bits per heavy atom. The molecular formula is C16H18N8S. The van der Waals surface area contributed by atoms with Crippen LogP contribution in [0, 0.1) is 13.8 Å². The van der Waals surface area contributed by atoms with Crippen molar-refractivity contribution in [2.75, 3.05) is 16.8 Å². The van der Waals surface area contributed by atoms with E-state index in [9.17, 15) is 0 Å². The van der Waals surface area contributed by atoms with Gasteiger partial charge in [0.05, 0.1) is 11.7 Å². The molecular weight excluding hydrogens is 336 g/mol. The maximum atomic E-state index is 4.66. The van der Waals surface area contributed by atoms with Crippen molar-refractivity contribution >= 4 is 28.2 Å². The van der Waals surface area contributed by atoms with E-state index in [-0.39, 0.29) is 6.04 Å². The molecule has 3 aromatic rings. The first-order valence-electron chi connectivity index (χ1n) is 8.15. The number of rotatable bonds is 4. The highest BCUT2D eigenvalue weighted by molar-refractivity contribution is 7.15. The maximum absolute atomic E-state index is 4.66. The van der Waals surface area contributed by atoms with Crippen molar-refractivity contribution < 1.29 is 0 Å². The molecule has 4 rings (SSSR count). The molecule has 25 heavy (non-hydrogen) atoms. The molecule has 128 valence electrons. The molecule has 1 N–H and O–H groups in total. The van der Waals surface area contributed by atoms with Gasteiger partial charge >= 0.3 is 0 Å². The van der Waals surface area contributed by atoms with E-state index in [2.05, 4.69) is 40.3 Å². The number of anilines is 3. The smallest absolute Gasteiger partial charge is 0.225 e. The molecule has 1 atom stereocenters. The summed E-state index contributed by atoms with van der Waals surface area (Å²) in [6.07, 6.45) is 5.65. The molecule has 0 bridgehead atoms. The summed E-state index contributed by atoms with van der Waals surface area (Å²) >= 11 is 1.50. The molecule has 0 amide bonds. The van der Waals surface area contributed by atoms with E-state index in [1.54, 1.807) is 12.4 Å². The van der Waals surface area contributed by atoms with Crippen LogP contribution in [0.15, 0.2) is 24.5 Å². The zero-order valence-corrected chi connectivity index (χ0v) is 14.9. The third-order valence-electron chi connectivity index (χ3n) is 4.02. The minimum atomic E-state index is 0.154. The van der Waals surface area contributed by atoms with E-state index in [0.29, 0.717) is 0 Å². The summed E-state index contributed by atoms with van der Waals surface area (Å²) in [6.45, 7) is 4.75. The van der Waals surface area contributed by atoms with Gasteiger partial charge < -0.3 is 10.2 Å². The molecule has 1 fully saturated rings. The highest BCUT2D eigenvalue weighted by Crippen LogP contribution is 2.34. The van der Waals surface area contributed by atoms with E-state index in [4.69, 9.17) is 0 Å². The van der Waals surface area contributed by atoms with Gasteiger partial charge in [0, 0.05) is 25.0 Å². The number of hydrogen-bond acceptors (Lipinski definition) is 9. The number of hydrogen-bond donors (Lipinski definition) is 1. The van der Waals surface area contributed by atoms with E-state index in [1.165, 1.54) is 11.3 Å². The lowest BCUT2D eigenvalue weighted by Crippen LogP contribution is -2.25. The summed E-state index contributed by atoms with van der Waals surface area (Å²) in [5, 5.41) is 13.0. The van der Waals surface area contributed by atoms with Gasteiger partial charge in [0.1, 0.15) is 16.6 Å². The topological polar surface area (TPSA) is 92.6 Å². The summed E-state index contributed by atoms with van der Waals surface area (Å²) < 4.78 is 0. The summed E-state index contributed by atoms with van der Waals surface area (Å²) in [5.41, 5.74) is 0.973. The van der Waals surface area contributed by atoms with Crippen LogP contribution in [0.1, 0.15) is 35.4 Å². The van der Waals surface area contributed by atoms with Crippen LogP contribution in [-0.4, -0.2) is 36.7 Å². The van der Waals surface area contributed by atoms with E-state index >= 15 is 0 Å². The van der Waals surface area contributed by atoms with Crippen molar-refractivity contribution in [3.63, 3.8) is 0 Å². The Balaban J connectivity index is 1.63. The van der Waals surface area contributed by atoms with Gasteiger partial charge in [-0.3, -0.25) is 0 Å². The molecule has 0 spiro atoms. The average Bonchev–Trinajstić information content (AvgIpc) is 3.24. The van der Waals surface area contributed by atoms with Crippen LogP contribution in [0.5, 0.6) is 0 Å². The molecule has 0 unspecified atom stereocenters. The summed E-state index contributed by atoms with van der Waals surface area (Å²) in [4.78, 5) is 20.1. The van der Waals surface area contributed by atoms with Crippen molar-refractivity contribution in [3.05, 3.63) is 41.1 Å². The van der Waals surface area contributed by atoms with Crippen LogP contribution >= 0.6 is 11.3 Å². The lowest BCUT2D eigenvalue weighted by atomic mass is 10.1. The lowest BCUT2D eigenvalue weighted by Gasteiger charge is -2.24. The molecule has 1 aliphatic heterocycles. The third-order valence-corrected chi connectivity index (χ3v) is 4.78. The molecule has 1 aliphatic rings. The molecule has 8 nitrogen and oxygen atoms in total. The van der Waals surface area contributed by atoms with Gasteiger partial charge in [-0.05, 0) is 32.8 Å². The molecule has 4 heterocycles. The Bertz CT molecular complexity index is 866. The summed E-state index contributed by atoms with van der Waals surface area (Å²) in [7, 11) is 0. The second kappa shape index (κ2) is 6.67. The van der Waals surface area contributed by atoms with Crippen molar-refractivity contribution in [1.82, 2.24) is 30.1 Å². The highest BCUT2D eigenvalue weighted by atomic mass is 32.1. The van der Waals surface area contributed by atoms with Crippen LogP contribution in [0.3, 0.4) is 0 Å². The predicted octanol–water partition coefficient (Wildman–Crippen LogP) is 2.82. The highest BCUT2D eigenvalue weighted by Gasteiger charge is 2.29. The van der Waals surface area contributed by atoms with Crippen molar-refractivity contribution in [2.45, 2.75) is 32.7 Å². The van der Waals surface area contributed by atoms with E-state index < -0.39 is 0 Å². The summed E-state index contributed by atoms with van der Waals surface area (Å²) in [5.74, 6) is 2.21. The van der Waals surface area contributed by atoms with Gasteiger partial charge in [0.25, 0.3) is 0 Å². The molecule has 0 radical (unpaired) electrons. The second-order valence-corrected chi connectivity index (χ2v) is 7.06. The molecule has 3 aromatic heterocycles. The van der Waals surface area contributed by atoms with Crippen LogP contribution in [0.4, 0.5) is 16.9 Å². The first-order valence-corrected chi connectivity index (χ1v) is 8.97. The minimum Gasteiger partial charge on any atom is -0.332 e. The first-order chi connectivity index (χ1) is 12.2. The molecule has 0 saturated carbocycles. The quantitative estimate of drug-likeness (QED) is 0.764. The predicted molar refractivity (Wildman–Crippen MR) is 96.1 cm³/mol. The second-order valence-electron chi connectivity index (χ2n) is 5.88. The SMILES string of the molecule is Cc1nc(Nc2nnc(C)s2)cc([C@H]2CCCN2c2ncccn2)n1. The Hall–Kier alpha value is -2.68. The Kier molecular flexibility index (Phi) is 4.22. The fourth-order valence-electron chi connectivity index (χ4n) is 3.04. The monoisotopic (exact) mass is 354 g/mol. The van der Waals surface area contributed by atoms with Crippen LogP contribution in [0.2, 0.25) is 0 Å². The van der Waals surface area contributed by atoms with Crippen LogP contribution in [0.25, 0.3) is 0 Å². The average molecular weight is 354 g/mol. The number of nitrogens with one attached hydrogen (secondary N) is 1.